The Kier molecular flexibility index (Phi) is 9.50. The van der Waals surface area contributed by atoms with Crippen LogP contribution in [0.2, 0.25) is 0 Å². The topological polar surface area (TPSA) is 86.2 Å². The second kappa shape index (κ2) is 12.6. The molecule has 0 aliphatic carbocycles. The van der Waals surface area contributed by atoms with Gasteiger partial charge in [-0.3, -0.25) is 9.59 Å². The Hall–Kier alpha value is -3.87. The smallest absolute Gasteiger partial charge is 0.226 e. The van der Waals surface area contributed by atoms with Crippen LogP contribution in [0.3, 0.4) is 0 Å². The average Bonchev–Trinajstić information content (AvgIpc) is 3.41. The van der Waals surface area contributed by atoms with Gasteiger partial charge in [-0.2, -0.15) is 0 Å². The molecule has 6 nitrogen and oxygen atoms in total. The van der Waals surface area contributed by atoms with E-state index in [2.05, 4.69) is 9.97 Å². The van der Waals surface area contributed by atoms with Gasteiger partial charge in [0.15, 0.2) is 0 Å². The second-order valence-electron chi connectivity index (χ2n) is 10.0. The maximum Gasteiger partial charge on any atom is 0.226 e. The van der Waals surface area contributed by atoms with E-state index in [1.54, 1.807) is 19.1 Å². The van der Waals surface area contributed by atoms with Crippen molar-refractivity contribution in [2.75, 3.05) is 0 Å². The maximum absolute atomic E-state index is 13.2. The molecule has 7 heteroatoms. The van der Waals surface area contributed by atoms with Gasteiger partial charge in [-0.05, 0) is 51.1 Å². The standard InChI is InChI=1S/C16H19NO2.C15H16FNO2/c1-10(2)15(18)9-14-12(4)19-16(17-14)13-7-5-6-11(3)8-13;1-9(2)14(18)8-13-10(3)19-15(17-13)11-5-4-6-12(16)7-11/h5-8,10H,9H2,1-4H3;4-7,9H,8H2,1-3H3. The van der Waals surface area contributed by atoms with Gasteiger partial charge in [0.05, 0.1) is 24.2 Å². The molecule has 0 fully saturated rings. The van der Waals surface area contributed by atoms with Crippen molar-refractivity contribution >= 4 is 11.6 Å². The second-order valence-corrected chi connectivity index (χ2v) is 10.0. The van der Waals surface area contributed by atoms with Crippen LogP contribution in [0.4, 0.5) is 4.39 Å². The molecule has 2 heterocycles. The van der Waals surface area contributed by atoms with Crippen molar-refractivity contribution < 1.29 is 22.8 Å². The van der Waals surface area contributed by atoms with Crippen LogP contribution in [0.15, 0.2) is 57.4 Å². The number of Topliss-reactive ketones (excluding diaryl/α,β-unsaturated/α-hetero) is 2. The summed E-state index contributed by atoms with van der Waals surface area (Å²) < 4.78 is 24.3. The average molecular weight is 519 g/mol. The molecular weight excluding hydrogens is 483 g/mol. The van der Waals surface area contributed by atoms with Crippen molar-refractivity contribution in [1.82, 2.24) is 9.97 Å². The lowest BCUT2D eigenvalue weighted by atomic mass is 10.0. The summed E-state index contributed by atoms with van der Waals surface area (Å²) in [5.74, 6) is 2.23. The normalized spacial score (nSPS) is 11.0. The highest BCUT2D eigenvalue weighted by Gasteiger charge is 2.17. The van der Waals surface area contributed by atoms with Crippen molar-refractivity contribution in [2.24, 2.45) is 11.8 Å². The summed E-state index contributed by atoms with van der Waals surface area (Å²) in [6.45, 7) is 13.2. The van der Waals surface area contributed by atoms with E-state index >= 15 is 0 Å². The lowest BCUT2D eigenvalue weighted by Gasteiger charge is -2.00. The monoisotopic (exact) mass is 518 g/mol. The number of aromatic nitrogens is 2. The van der Waals surface area contributed by atoms with Crippen molar-refractivity contribution in [1.29, 1.82) is 0 Å². The minimum atomic E-state index is -0.340. The summed E-state index contributed by atoms with van der Waals surface area (Å²) in [6, 6.07) is 14.0. The number of oxazole rings is 2. The summed E-state index contributed by atoms with van der Waals surface area (Å²) in [4.78, 5) is 32.3. The minimum Gasteiger partial charge on any atom is -0.441 e. The zero-order valence-electron chi connectivity index (χ0n) is 23.1. The van der Waals surface area contributed by atoms with Crippen LogP contribution in [-0.4, -0.2) is 21.5 Å². The van der Waals surface area contributed by atoms with Gasteiger partial charge in [-0.25, -0.2) is 14.4 Å². The molecule has 0 unspecified atom stereocenters. The van der Waals surface area contributed by atoms with E-state index in [-0.39, 0.29) is 35.6 Å². The molecule has 0 saturated carbocycles. The SMILES string of the molecule is Cc1cccc(-c2nc(CC(=O)C(C)C)c(C)o2)c1.Cc1oc(-c2cccc(F)c2)nc1CC(=O)C(C)C. The fourth-order valence-corrected chi connectivity index (χ4v) is 3.57. The van der Waals surface area contributed by atoms with Crippen molar-refractivity contribution in [3.8, 4) is 22.9 Å². The molecule has 4 aromatic rings. The van der Waals surface area contributed by atoms with E-state index in [0.717, 1.165) is 22.6 Å². The Balaban J connectivity index is 0.000000211. The molecule has 2 aromatic heterocycles. The van der Waals surface area contributed by atoms with E-state index in [9.17, 15) is 14.0 Å². The summed E-state index contributed by atoms with van der Waals surface area (Å²) in [5.41, 5.74) is 4.05. The number of ketones is 2. The first kappa shape index (κ1) is 28.7. The molecule has 2 aromatic carbocycles. The molecule has 0 aliphatic rings. The fraction of sp³-hybridized carbons (Fsp3) is 0.355. The third-order valence-electron chi connectivity index (χ3n) is 6.09. The van der Waals surface area contributed by atoms with Crippen LogP contribution in [0.25, 0.3) is 22.9 Å². The summed E-state index contributed by atoms with van der Waals surface area (Å²) in [5, 5.41) is 0. The number of halogens is 1. The number of hydrogen-bond donors (Lipinski definition) is 0. The molecule has 0 spiro atoms. The molecule has 38 heavy (non-hydrogen) atoms. The molecular formula is C31H35FN2O4. The van der Waals surface area contributed by atoms with Gasteiger partial charge in [0.1, 0.15) is 28.9 Å². The first-order valence-electron chi connectivity index (χ1n) is 12.8. The van der Waals surface area contributed by atoms with Gasteiger partial charge in [0.2, 0.25) is 11.8 Å². The summed E-state index contributed by atoms with van der Waals surface area (Å²) in [6.07, 6.45) is 0.598. The number of hydrogen-bond acceptors (Lipinski definition) is 6. The van der Waals surface area contributed by atoms with E-state index in [1.807, 2.05) is 65.8 Å². The quantitative estimate of drug-likeness (QED) is 0.244. The molecule has 0 radical (unpaired) electrons. The van der Waals surface area contributed by atoms with Crippen molar-refractivity contribution in [3.63, 3.8) is 0 Å². The van der Waals surface area contributed by atoms with Gasteiger partial charge in [-0.1, -0.05) is 51.5 Å². The third-order valence-corrected chi connectivity index (χ3v) is 6.09. The van der Waals surface area contributed by atoms with Crippen LogP contribution >= 0.6 is 0 Å². The Morgan fingerprint density at radius 3 is 1.61 bits per heavy atom. The van der Waals surface area contributed by atoms with Crippen molar-refractivity contribution in [2.45, 2.75) is 61.3 Å². The minimum absolute atomic E-state index is 0.0264. The number of aryl methyl sites for hydroxylation is 3. The van der Waals surface area contributed by atoms with Crippen LogP contribution in [0.1, 0.15) is 56.2 Å². The summed E-state index contributed by atoms with van der Waals surface area (Å²) >= 11 is 0. The largest absolute Gasteiger partial charge is 0.441 e. The Bertz CT molecular complexity index is 1310. The zero-order chi connectivity index (χ0) is 28.0. The first-order chi connectivity index (χ1) is 17.9. The van der Waals surface area contributed by atoms with Crippen molar-refractivity contribution in [3.05, 3.63) is 82.8 Å². The highest BCUT2D eigenvalue weighted by Crippen LogP contribution is 2.24. The fourth-order valence-electron chi connectivity index (χ4n) is 3.57. The number of carbonyl (C=O) groups excluding carboxylic acids is 2. The maximum atomic E-state index is 13.2. The number of carbonyl (C=O) groups is 2. The molecule has 0 atom stereocenters. The predicted octanol–water partition coefficient (Wildman–Crippen LogP) is 7.28. The predicted molar refractivity (Wildman–Crippen MR) is 145 cm³/mol. The number of rotatable bonds is 8. The van der Waals surface area contributed by atoms with Gasteiger partial charge in [0.25, 0.3) is 0 Å². The first-order valence-corrected chi connectivity index (χ1v) is 12.8. The Labute approximate surface area is 223 Å². The van der Waals surface area contributed by atoms with Gasteiger partial charge < -0.3 is 8.83 Å². The van der Waals surface area contributed by atoms with Crippen LogP contribution in [-0.2, 0) is 22.4 Å². The Morgan fingerprint density at radius 2 is 1.18 bits per heavy atom. The Morgan fingerprint density at radius 1 is 0.737 bits per heavy atom. The van der Waals surface area contributed by atoms with Gasteiger partial charge in [0, 0.05) is 23.0 Å². The lowest BCUT2D eigenvalue weighted by Crippen LogP contribution is -2.11. The summed E-state index contributed by atoms with van der Waals surface area (Å²) in [7, 11) is 0. The molecule has 0 aliphatic heterocycles. The highest BCUT2D eigenvalue weighted by atomic mass is 19.1. The highest BCUT2D eigenvalue weighted by molar-refractivity contribution is 5.83. The molecule has 200 valence electrons. The molecule has 0 saturated heterocycles. The number of benzene rings is 2. The van der Waals surface area contributed by atoms with E-state index < -0.39 is 0 Å². The van der Waals surface area contributed by atoms with Crippen LogP contribution in [0, 0.1) is 38.4 Å². The lowest BCUT2D eigenvalue weighted by molar-refractivity contribution is -0.122. The van der Waals surface area contributed by atoms with E-state index in [4.69, 9.17) is 8.83 Å². The third kappa shape index (κ3) is 7.57. The van der Waals surface area contributed by atoms with Crippen LogP contribution < -0.4 is 0 Å². The zero-order valence-corrected chi connectivity index (χ0v) is 23.1. The molecule has 4 rings (SSSR count). The number of nitrogens with zero attached hydrogens (tertiary/aromatic N) is 2. The molecule has 0 bridgehead atoms. The molecule has 0 amide bonds. The van der Waals surface area contributed by atoms with E-state index in [1.165, 1.54) is 12.1 Å². The van der Waals surface area contributed by atoms with Crippen LogP contribution in [0.5, 0.6) is 0 Å². The van der Waals surface area contributed by atoms with E-state index in [0.29, 0.717) is 35.2 Å². The molecule has 0 N–H and O–H groups in total. The van der Waals surface area contributed by atoms with Gasteiger partial charge >= 0.3 is 0 Å². The van der Waals surface area contributed by atoms with Gasteiger partial charge in [-0.15, -0.1) is 0 Å².